The first kappa shape index (κ1) is 23.2. The van der Waals surface area contributed by atoms with Crippen LogP contribution in [0.2, 0.25) is 15.1 Å². The summed E-state index contributed by atoms with van der Waals surface area (Å²) in [6.45, 7) is 1.59. The van der Waals surface area contributed by atoms with Gasteiger partial charge in [-0.1, -0.05) is 53.4 Å². The Labute approximate surface area is 206 Å². The van der Waals surface area contributed by atoms with Gasteiger partial charge in [-0.15, -0.1) is 0 Å². The smallest absolute Gasteiger partial charge is 0.283 e. The molecule has 4 rings (SSSR count). The summed E-state index contributed by atoms with van der Waals surface area (Å²) in [5.74, 6) is -0.314. The Morgan fingerprint density at radius 3 is 2.41 bits per heavy atom. The van der Waals surface area contributed by atoms with E-state index in [-0.39, 0.29) is 11.6 Å². The molecule has 0 saturated carbocycles. The molecule has 32 heavy (non-hydrogen) atoms. The van der Waals surface area contributed by atoms with Gasteiger partial charge in [-0.2, -0.15) is 10.4 Å². The Kier molecular flexibility index (Phi) is 7.49. The van der Waals surface area contributed by atoms with Gasteiger partial charge in [-0.05, 0) is 60.5 Å². The molecular formula is C22H20Cl3N5OS. The number of nitriles is 1. The molecule has 1 saturated heterocycles. The minimum Gasteiger partial charge on any atom is -0.284 e. The SMILES string of the molecule is N#CSC1C(C(=O)NN2CCCCC2)=NN(c2ccc(Cl)cc2Cl)C1c1ccc(Cl)cc1. The van der Waals surface area contributed by atoms with Crippen molar-refractivity contribution in [2.45, 2.75) is 30.6 Å². The predicted octanol–water partition coefficient (Wildman–Crippen LogP) is 5.66. The third kappa shape index (κ3) is 5.00. The number of hydrogen-bond donors (Lipinski definition) is 1. The fourth-order valence-corrected chi connectivity index (χ4v) is 5.32. The average Bonchev–Trinajstić information content (AvgIpc) is 3.14. The highest BCUT2D eigenvalue weighted by molar-refractivity contribution is 8.05. The number of nitrogens with one attached hydrogen (secondary N) is 1. The number of carbonyl (C=O) groups excluding carboxylic acids is 1. The van der Waals surface area contributed by atoms with Crippen LogP contribution in [0, 0.1) is 10.7 Å². The Hall–Kier alpha value is -1.95. The van der Waals surface area contributed by atoms with E-state index in [9.17, 15) is 10.1 Å². The van der Waals surface area contributed by atoms with Crippen molar-refractivity contribution in [3.63, 3.8) is 0 Å². The number of amides is 1. The maximum absolute atomic E-state index is 13.2. The van der Waals surface area contributed by atoms with Crippen LogP contribution in [0.25, 0.3) is 0 Å². The lowest BCUT2D eigenvalue weighted by atomic mass is 10.0. The Morgan fingerprint density at radius 2 is 1.75 bits per heavy atom. The molecule has 1 N–H and O–H groups in total. The van der Waals surface area contributed by atoms with Gasteiger partial charge < -0.3 is 0 Å². The van der Waals surface area contributed by atoms with E-state index in [1.165, 1.54) is 0 Å². The van der Waals surface area contributed by atoms with Gasteiger partial charge in [0.15, 0.2) is 0 Å². The van der Waals surface area contributed by atoms with Gasteiger partial charge in [-0.3, -0.25) is 15.2 Å². The van der Waals surface area contributed by atoms with E-state index in [1.54, 1.807) is 35.3 Å². The zero-order chi connectivity index (χ0) is 22.7. The fraction of sp³-hybridized carbons (Fsp3) is 0.318. The first-order chi connectivity index (χ1) is 15.5. The molecule has 2 atom stereocenters. The molecule has 0 bridgehead atoms. The zero-order valence-corrected chi connectivity index (χ0v) is 20.1. The molecule has 2 aromatic carbocycles. The number of anilines is 1. The van der Waals surface area contributed by atoms with Gasteiger partial charge in [0.2, 0.25) is 0 Å². The number of hydrazone groups is 1. The van der Waals surface area contributed by atoms with Crippen molar-refractivity contribution in [1.82, 2.24) is 10.4 Å². The van der Waals surface area contributed by atoms with Crippen molar-refractivity contribution in [1.29, 1.82) is 5.26 Å². The zero-order valence-electron chi connectivity index (χ0n) is 17.0. The summed E-state index contributed by atoms with van der Waals surface area (Å²) < 4.78 is 0. The molecule has 1 fully saturated rings. The molecule has 0 aliphatic carbocycles. The number of hydrazine groups is 1. The van der Waals surface area contributed by atoms with Crippen molar-refractivity contribution in [3.05, 3.63) is 63.1 Å². The third-order valence-corrected chi connectivity index (χ3v) is 7.06. The Balaban J connectivity index is 1.74. The highest BCUT2D eigenvalue weighted by atomic mass is 35.5. The standard InChI is InChI=1S/C22H20Cl3N5OS/c23-15-6-4-14(5-7-15)20-21(32-13-26)19(22(31)28-29-10-2-1-3-11-29)27-30(20)18-9-8-16(24)12-17(18)25/h4-9,12,20-21H,1-3,10-11H2,(H,28,31). The van der Waals surface area contributed by atoms with E-state index in [0.717, 1.165) is 49.7 Å². The molecular weight excluding hydrogens is 489 g/mol. The molecule has 10 heteroatoms. The first-order valence-electron chi connectivity index (χ1n) is 10.2. The molecule has 2 aliphatic rings. The quantitative estimate of drug-likeness (QED) is 0.527. The molecule has 1 amide bonds. The Bertz CT molecular complexity index is 1070. The van der Waals surface area contributed by atoms with Crippen LogP contribution in [0.1, 0.15) is 30.9 Å². The van der Waals surface area contributed by atoms with Crippen LogP contribution in [0.3, 0.4) is 0 Å². The molecule has 6 nitrogen and oxygen atoms in total. The molecule has 0 radical (unpaired) electrons. The number of carbonyl (C=O) groups is 1. The van der Waals surface area contributed by atoms with E-state index in [4.69, 9.17) is 34.8 Å². The van der Waals surface area contributed by atoms with Crippen molar-refractivity contribution < 1.29 is 4.79 Å². The summed E-state index contributed by atoms with van der Waals surface area (Å²) in [6, 6.07) is 12.0. The van der Waals surface area contributed by atoms with Crippen molar-refractivity contribution in [3.8, 4) is 5.40 Å². The molecule has 2 aromatic rings. The van der Waals surface area contributed by atoms with Crippen LogP contribution in [0.5, 0.6) is 0 Å². The largest absolute Gasteiger partial charge is 0.284 e. The summed E-state index contributed by atoms with van der Waals surface area (Å²) in [5, 5.41) is 20.9. The van der Waals surface area contributed by atoms with E-state index < -0.39 is 11.3 Å². The van der Waals surface area contributed by atoms with E-state index in [1.807, 2.05) is 17.1 Å². The summed E-state index contributed by atoms with van der Waals surface area (Å²) in [4.78, 5) is 13.2. The van der Waals surface area contributed by atoms with Crippen LogP contribution >= 0.6 is 46.6 Å². The summed E-state index contributed by atoms with van der Waals surface area (Å²) in [7, 11) is 0. The summed E-state index contributed by atoms with van der Waals surface area (Å²) >= 11 is 19.7. The predicted molar refractivity (Wildman–Crippen MR) is 131 cm³/mol. The van der Waals surface area contributed by atoms with Crippen LogP contribution in [0.4, 0.5) is 5.69 Å². The maximum Gasteiger partial charge on any atom is 0.283 e. The lowest BCUT2D eigenvalue weighted by molar-refractivity contribution is -0.119. The Morgan fingerprint density at radius 1 is 1.06 bits per heavy atom. The van der Waals surface area contributed by atoms with Gasteiger partial charge in [0.1, 0.15) is 11.1 Å². The number of thioether (sulfide) groups is 1. The molecule has 2 aliphatic heterocycles. The minimum absolute atomic E-state index is 0.271. The topological polar surface area (TPSA) is 71.7 Å². The lowest BCUT2D eigenvalue weighted by Gasteiger charge is -2.28. The third-order valence-electron chi connectivity index (χ3n) is 5.43. The van der Waals surface area contributed by atoms with E-state index in [2.05, 4.69) is 15.9 Å². The molecule has 0 aromatic heterocycles. The van der Waals surface area contributed by atoms with Gasteiger partial charge >= 0.3 is 0 Å². The highest BCUT2D eigenvalue weighted by Crippen LogP contribution is 2.43. The summed E-state index contributed by atoms with van der Waals surface area (Å²) in [6.07, 6.45) is 3.22. The van der Waals surface area contributed by atoms with Crippen LogP contribution < -0.4 is 10.4 Å². The second kappa shape index (κ2) is 10.3. The number of thiocyanates is 1. The number of benzene rings is 2. The summed E-state index contributed by atoms with van der Waals surface area (Å²) in [5.41, 5.74) is 4.69. The number of rotatable bonds is 5. The second-order valence-corrected chi connectivity index (χ2v) is 9.75. The molecule has 2 unspecified atom stereocenters. The lowest BCUT2D eigenvalue weighted by Crippen LogP contribution is -2.49. The monoisotopic (exact) mass is 507 g/mol. The number of halogens is 3. The number of nitrogens with zero attached hydrogens (tertiary/aromatic N) is 4. The number of hydrogen-bond acceptors (Lipinski definition) is 6. The van der Waals surface area contributed by atoms with E-state index >= 15 is 0 Å². The second-order valence-electron chi connectivity index (χ2n) is 7.54. The average molecular weight is 509 g/mol. The van der Waals surface area contributed by atoms with Crippen molar-refractivity contribution in [2.75, 3.05) is 18.1 Å². The van der Waals surface area contributed by atoms with Crippen LogP contribution in [-0.4, -0.2) is 35.0 Å². The maximum atomic E-state index is 13.2. The minimum atomic E-state index is -0.530. The van der Waals surface area contributed by atoms with Gasteiger partial charge in [0.05, 0.1) is 22.0 Å². The van der Waals surface area contributed by atoms with Crippen molar-refractivity contribution in [2.24, 2.45) is 5.10 Å². The molecule has 0 spiro atoms. The van der Waals surface area contributed by atoms with Crippen LogP contribution in [0.15, 0.2) is 47.6 Å². The van der Waals surface area contributed by atoms with Gasteiger partial charge in [-0.25, -0.2) is 5.01 Å². The van der Waals surface area contributed by atoms with Gasteiger partial charge in [0, 0.05) is 23.1 Å². The van der Waals surface area contributed by atoms with E-state index in [0.29, 0.717) is 20.8 Å². The van der Waals surface area contributed by atoms with Crippen LogP contribution in [-0.2, 0) is 4.79 Å². The molecule has 2 heterocycles. The number of piperidine rings is 1. The normalized spacial score (nSPS) is 21.2. The fourth-order valence-electron chi connectivity index (χ4n) is 3.92. The first-order valence-corrected chi connectivity index (χ1v) is 12.2. The van der Waals surface area contributed by atoms with Crippen molar-refractivity contribution >= 4 is 63.9 Å². The highest BCUT2D eigenvalue weighted by Gasteiger charge is 2.43. The molecule has 166 valence electrons. The van der Waals surface area contributed by atoms with Gasteiger partial charge in [0.25, 0.3) is 5.91 Å².